The van der Waals surface area contributed by atoms with Crippen LogP contribution in [0.4, 0.5) is 24.8 Å². The molecule has 2 rings (SSSR count). The third kappa shape index (κ3) is 3.08. The van der Waals surface area contributed by atoms with Crippen LogP contribution in [0, 0.1) is 0 Å². The molecule has 1 unspecified atom stereocenters. The molecule has 0 radical (unpaired) electrons. The zero-order valence-corrected chi connectivity index (χ0v) is 11.0. The van der Waals surface area contributed by atoms with E-state index in [0.29, 0.717) is 12.4 Å². The minimum atomic E-state index is -4.52. The maximum absolute atomic E-state index is 12.8. The highest BCUT2D eigenvalue weighted by Crippen LogP contribution is 2.31. The summed E-state index contributed by atoms with van der Waals surface area (Å²) >= 11 is 0. The number of halogens is 3. The van der Waals surface area contributed by atoms with Gasteiger partial charge in [0.1, 0.15) is 11.6 Å². The molecule has 1 N–H and O–H groups in total. The van der Waals surface area contributed by atoms with Crippen LogP contribution in [0.15, 0.2) is 6.07 Å². The van der Waals surface area contributed by atoms with Crippen LogP contribution in [-0.2, 0) is 6.18 Å². The van der Waals surface area contributed by atoms with Crippen LogP contribution < -0.4 is 10.2 Å². The van der Waals surface area contributed by atoms with E-state index in [2.05, 4.69) is 15.3 Å². The number of aromatic nitrogens is 2. The van der Waals surface area contributed by atoms with Gasteiger partial charge in [0.2, 0.25) is 5.82 Å². The molecule has 1 fully saturated rings. The molecule has 1 aliphatic heterocycles. The van der Waals surface area contributed by atoms with E-state index in [0.717, 1.165) is 19.4 Å². The number of alkyl halides is 3. The Balaban J connectivity index is 2.39. The topological polar surface area (TPSA) is 41.0 Å². The molecule has 0 spiro atoms. The molecule has 2 heterocycles. The van der Waals surface area contributed by atoms with Gasteiger partial charge >= 0.3 is 6.18 Å². The fourth-order valence-electron chi connectivity index (χ4n) is 2.25. The quantitative estimate of drug-likeness (QED) is 0.920. The maximum atomic E-state index is 12.8. The van der Waals surface area contributed by atoms with Crippen molar-refractivity contribution in [3.05, 3.63) is 11.9 Å². The normalized spacial score (nSPS) is 19.8. The molecular weight excluding hydrogens is 257 g/mol. The summed E-state index contributed by atoms with van der Waals surface area (Å²) in [6, 6.07) is 1.80. The van der Waals surface area contributed by atoms with Gasteiger partial charge in [-0.25, -0.2) is 9.97 Å². The summed E-state index contributed by atoms with van der Waals surface area (Å²) < 4.78 is 38.4. The highest BCUT2D eigenvalue weighted by atomic mass is 19.4. The predicted octanol–water partition coefficient (Wildman–Crippen LogP) is 2.92. The van der Waals surface area contributed by atoms with Gasteiger partial charge in [0.05, 0.1) is 0 Å². The first-order chi connectivity index (χ1) is 8.91. The van der Waals surface area contributed by atoms with Crippen LogP contribution in [0.2, 0.25) is 0 Å². The predicted molar refractivity (Wildman–Crippen MR) is 67.2 cm³/mol. The highest BCUT2D eigenvalue weighted by molar-refractivity contribution is 5.50. The van der Waals surface area contributed by atoms with E-state index in [-0.39, 0.29) is 11.9 Å². The van der Waals surface area contributed by atoms with Crippen LogP contribution in [0.3, 0.4) is 0 Å². The Bertz CT molecular complexity index is 447. The SMILES string of the molecule is CCNc1cc(N2CCCC2C)nc(C(F)(F)F)n1. The molecule has 1 aliphatic rings. The Morgan fingerprint density at radius 3 is 2.68 bits per heavy atom. The van der Waals surface area contributed by atoms with Crippen molar-refractivity contribution < 1.29 is 13.2 Å². The molecule has 0 amide bonds. The largest absolute Gasteiger partial charge is 0.451 e. The van der Waals surface area contributed by atoms with Gasteiger partial charge in [-0.05, 0) is 26.7 Å². The molecule has 106 valence electrons. The summed E-state index contributed by atoms with van der Waals surface area (Å²) in [4.78, 5) is 9.09. The Hall–Kier alpha value is -1.53. The Morgan fingerprint density at radius 2 is 2.16 bits per heavy atom. The molecule has 4 nitrogen and oxygen atoms in total. The summed E-state index contributed by atoms with van der Waals surface area (Å²) in [5.74, 6) is -0.512. The molecule has 1 aromatic heterocycles. The molecule has 0 bridgehead atoms. The van der Waals surface area contributed by atoms with Crippen LogP contribution in [0.5, 0.6) is 0 Å². The average molecular weight is 274 g/mol. The standard InChI is InChI=1S/C12H17F3N4/c1-3-16-9-7-10(19-6-4-5-8(19)2)18-11(17-9)12(13,14)15/h7-8H,3-6H2,1-2H3,(H,16,17,18). The van der Waals surface area contributed by atoms with Crippen molar-refractivity contribution in [1.82, 2.24) is 9.97 Å². The average Bonchev–Trinajstić information content (AvgIpc) is 2.74. The van der Waals surface area contributed by atoms with Crippen molar-refractivity contribution in [1.29, 1.82) is 0 Å². The first-order valence-corrected chi connectivity index (χ1v) is 6.38. The summed E-state index contributed by atoms with van der Waals surface area (Å²) in [6.07, 6.45) is -2.58. The van der Waals surface area contributed by atoms with Gasteiger partial charge in [0.25, 0.3) is 0 Å². The lowest BCUT2D eigenvalue weighted by atomic mass is 10.2. The van der Waals surface area contributed by atoms with Gasteiger partial charge in [-0.15, -0.1) is 0 Å². The second-order valence-electron chi connectivity index (χ2n) is 4.65. The molecule has 0 aliphatic carbocycles. The van der Waals surface area contributed by atoms with Crippen molar-refractivity contribution in [2.75, 3.05) is 23.3 Å². The monoisotopic (exact) mass is 274 g/mol. The lowest BCUT2D eigenvalue weighted by Gasteiger charge is -2.23. The van der Waals surface area contributed by atoms with Crippen LogP contribution in [0.1, 0.15) is 32.5 Å². The second kappa shape index (κ2) is 5.22. The van der Waals surface area contributed by atoms with E-state index in [4.69, 9.17) is 0 Å². The number of nitrogens with one attached hydrogen (secondary N) is 1. The van der Waals surface area contributed by atoms with Gasteiger partial charge in [-0.1, -0.05) is 0 Å². The lowest BCUT2D eigenvalue weighted by molar-refractivity contribution is -0.144. The fraction of sp³-hybridized carbons (Fsp3) is 0.667. The molecule has 7 heteroatoms. The Kier molecular flexibility index (Phi) is 3.82. The van der Waals surface area contributed by atoms with E-state index >= 15 is 0 Å². The molecule has 0 saturated carbocycles. The summed E-state index contributed by atoms with van der Waals surface area (Å²) in [7, 11) is 0. The van der Waals surface area contributed by atoms with E-state index in [1.807, 2.05) is 18.7 Å². The minimum Gasteiger partial charge on any atom is -0.370 e. The lowest BCUT2D eigenvalue weighted by Crippen LogP contribution is -2.28. The van der Waals surface area contributed by atoms with Gasteiger partial charge in [-0.3, -0.25) is 0 Å². The van der Waals surface area contributed by atoms with Gasteiger partial charge in [0, 0.05) is 25.2 Å². The smallest absolute Gasteiger partial charge is 0.370 e. The van der Waals surface area contributed by atoms with E-state index in [1.165, 1.54) is 0 Å². The minimum absolute atomic E-state index is 0.213. The molecule has 1 saturated heterocycles. The Morgan fingerprint density at radius 1 is 1.42 bits per heavy atom. The molecular formula is C12H17F3N4. The molecule has 1 atom stereocenters. The second-order valence-corrected chi connectivity index (χ2v) is 4.65. The van der Waals surface area contributed by atoms with Crippen molar-refractivity contribution in [2.24, 2.45) is 0 Å². The van der Waals surface area contributed by atoms with Gasteiger partial charge < -0.3 is 10.2 Å². The maximum Gasteiger partial charge on any atom is 0.451 e. The van der Waals surface area contributed by atoms with Crippen molar-refractivity contribution in [3.63, 3.8) is 0 Å². The van der Waals surface area contributed by atoms with Crippen LogP contribution in [-0.4, -0.2) is 29.1 Å². The molecule has 19 heavy (non-hydrogen) atoms. The third-order valence-corrected chi connectivity index (χ3v) is 3.17. The van der Waals surface area contributed by atoms with E-state index < -0.39 is 12.0 Å². The van der Waals surface area contributed by atoms with Gasteiger partial charge in [0.15, 0.2) is 0 Å². The first-order valence-electron chi connectivity index (χ1n) is 6.38. The zero-order chi connectivity index (χ0) is 14.0. The molecule has 0 aromatic carbocycles. The van der Waals surface area contributed by atoms with Crippen molar-refractivity contribution in [2.45, 2.75) is 38.9 Å². The zero-order valence-electron chi connectivity index (χ0n) is 11.0. The summed E-state index contributed by atoms with van der Waals surface area (Å²) in [5.41, 5.74) is 0. The number of nitrogens with zero attached hydrogens (tertiary/aromatic N) is 3. The first kappa shape index (κ1) is 13.9. The number of anilines is 2. The summed E-state index contributed by atoms with van der Waals surface area (Å²) in [6.45, 7) is 5.06. The van der Waals surface area contributed by atoms with E-state index in [1.54, 1.807) is 6.07 Å². The Labute approximate surface area is 110 Å². The van der Waals surface area contributed by atoms with Crippen LogP contribution >= 0.6 is 0 Å². The van der Waals surface area contributed by atoms with Crippen molar-refractivity contribution >= 4 is 11.6 Å². The van der Waals surface area contributed by atoms with Gasteiger partial charge in [-0.2, -0.15) is 13.2 Å². The van der Waals surface area contributed by atoms with Crippen LogP contribution in [0.25, 0.3) is 0 Å². The number of hydrogen-bond acceptors (Lipinski definition) is 4. The molecule has 1 aromatic rings. The third-order valence-electron chi connectivity index (χ3n) is 3.17. The van der Waals surface area contributed by atoms with Crippen molar-refractivity contribution in [3.8, 4) is 0 Å². The number of hydrogen-bond donors (Lipinski definition) is 1. The number of rotatable bonds is 3. The summed E-state index contributed by atoms with van der Waals surface area (Å²) in [5, 5.41) is 2.82. The van der Waals surface area contributed by atoms with E-state index in [9.17, 15) is 13.2 Å². The fourth-order valence-corrected chi connectivity index (χ4v) is 2.25. The highest BCUT2D eigenvalue weighted by Gasteiger charge is 2.36.